The first-order valence-electron chi connectivity index (χ1n) is 8.64. The Morgan fingerprint density at radius 3 is 2.37 bits per heavy atom. The van der Waals surface area contributed by atoms with Gasteiger partial charge in [0.15, 0.2) is 5.78 Å². The number of aromatic hydroxyl groups is 3. The molecule has 0 amide bonds. The zero-order chi connectivity index (χ0) is 19.0. The molecule has 0 saturated carbocycles. The second-order valence-corrected chi connectivity index (χ2v) is 6.55. The van der Waals surface area contributed by atoms with Crippen molar-refractivity contribution < 1.29 is 24.9 Å². The molecule has 0 saturated heterocycles. The Labute approximate surface area is 156 Å². The van der Waals surface area contributed by atoms with Gasteiger partial charge >= 0.3 is 0 Å². The molecule has 0 aliphatic carbocycles. The van der Waals surface area contributed by atoms with E-state index in [2.05, 4.69) is 0 Å². The van der Waals surface area contributed by atoms with Crippen LogP contribution in [0.25, 0.3) is 0 Å². The SMILES string of the molecule is O=C1CC(c2ccccc2)Oc2cc(O)c(Cc3ccccc3O)c(O)c21. The number of carbonyl (C=O) groups excluding carboxylic acids is 1. The summed E-state index contributed by atoms with van der Waals surface area (Å²) in [7, 11) is 0. The zero-order valence-corrected chi connectivity index (χ0v) is 14.4. The molecule has 0 fully saturated rings. The first-order valence-corrected chi connectivity index (χ1v) is 8.64. The Morgan fingerprint density at radius 1 is 0.926 bits per heavy atom. The van der Waals surface area contributed by atoms with Gasteiger partial charge in [0, 0.05) is 18.1 Å². The van der Waals surface area contributed by atoms with E-state index in [9.17, 15) is 20.1 Å². The van der Waals surface area contributed by atoms with Gasteiger partial charge in [0.2, 0.25) is 0 Å². The molecule has 1 unspecified atom stereocenters. The quantitative estimate of drug-likeness (QED) is 0.653. The monoisotopic (exact) mass is 362 g/mol. The van der Waals surface area contributed by atoms with E-state index in [0.29, 0.717) is 5.56 Å². The van der Waals surface area contributed by atoms with Crippen molar-refractivity contribution in [2.75, 3.05) is 0 Å². The molecular weight excluding hydrogens is 344 g/mol. The predicted octanol–water partition coefficient (Wildman–Crippen LogP) is 4.10. The number of phenolic OH excluding ortho intramolecular Hbond substituents is 3. The first-order chi connectivity index (χ1) is 13.0. The lowest BCUT2D eigenvalue weighted by Crippen LogP contribution is -2.21. The highest BCUT2D eigenvalue weighted by Crippen LogP contribution is 2.45. The number of hydrogen-bond donors (Lipinski definition) is 3. The summed E-state index contributed by atoms with van der Waals surface area (Å²) in [5.41, 5.74) is 1.65. The Morgan fingerprint density at radius 2 is 1.63 bits per heavy atom. The molecule has 0 aromatic heterocycles. The molecule has 0 spiro atoms. The maximum atomic E-state index is 12.7. The summed E-state index contributed by atoms with van der Waals surface area (Å²) in [5, 5.41) is 31.0. The average Bonchev–Trinajstić information content (AvgIpc) is 2.66. The second kappa shape index (κ2) is 6.68. The highest BCUT2D eigenvalue weighted by molar-refractivity contribution is 6.03. The van der Waals surface area contributed by atoms with Crippen molar-refractivity contribution in [3.63, 3.8) is 0 Å². The van der Waals surface area contributed by atoms with Gasteiger partial charge in [-0.25, -0.2) is 0 Å². The molecule has 4 rings (SSSR count). The third kappa shape index (κ3) is 3.08. The van der Waals surface area contributed by atoms with Crippen molar-refractivity contribution in [3.05, 3.63) is 82.9 Å². The van der Waals surface area contributed by atoms with Crippen LogP contribution in [0, 0.1) is 0 Å². The molecule has 1 atom stereocenters. The molecule has 5 nitrogen and oxygen atoms in total. The number of phenols is 3. The lowest BCUT2D eigenvalue weighted by Gasteiger charge is -2.27. The van der Waals surface area contributed by atoms with Crippen LogP contribution in [-0.2, 0) is 6.42 Å². The fraction of sp³-hybridized carbons (Fsp3) is 0.136. The maximum absolute atomic E-state index is 12.7. The van der Waals surface area contributed by atoms with E-state index in [-0.39, 0.29) is 52.7 Å². The molecular formula is C22H18O5. The number of para-hydroxylation sites is 1. The highest BCUT2D eigenvalue weighted by Gasteiger charge is 2.32. The zero-order valence-electron chi connectivity index (χ0n) is 14.4. The molecule has 3 aromatic carbocycles. The van der Waals surface area contributed by atoms with Crippen LogP contribution in [0.4, 0.5) is 0 Å². The normalized spacial score (nSPS) is 15.9. The highest BCUT2D eigenvalue weighted by atomic mass is 16.5. The minimum absolute atomic E-state index is 0.0562. The maximum Gasteiger partial charge on any atom is 0.174 e. The van der Waals surface area contributed by atoms with Crippen LogP contribution >= 0.6 is 0 Å². The predicted molar refractivity (Wildman–Crippen MR) is 99.4 cm³/mol. The summed E-state index contributed by atoms with van der Waals surface area (Å²) in [4.78, 5) is 12.7. The van der Waals surface area contributed by atoms with E-state index in [4.69, 9.17) is 4.74 Å². The van der Waals surface area contributed by atoms with Crippen LogP contribution in [0.2, 0.25) is 0 Å². The van der Waals surface area contributed by atoms with Crippen LogP contribution in [0.1, 0.15) is 39.6 Å². The number of benzene rings is 3. The molecule has 1 aliphatic rings. The molecule has 136 valence electrons. The van der Waals surface area contributed by atoms with Crippen molar-refractivity contribution in [2.24, 2.45) is 0 Å². The fourth-order valence-electron chi connectivity index (χ4n) is 3.38. The summed E-state index contributed by atoms with van der Waals surface area (Å²) in [5.74, 6) is -0.515. The van der Waals surface area contributed by atoms with E-state index in [0.717, 1.165) is 5.56 Å². The van der Waals surface area contributed by atoms with Gasteiger partial charge in [0.1, 0.15) is 34.7 Å². The Bertz CT molecular complexity index is 1010. The van der Waals surface area contributed by atoms with Crippen LogP contribution in [0.3, 0.4) is 0 Å². The number of fused-ring (bicyclic) bond motifs is 1. The number of rotatable bonds is 3. The molecule has 3 N–H and O–H groups in total. The fourth-order valence-corrected chi connectivity index (χ4v) is 3.38. The number of ether oxygens (including phenoxy) is 1. The second-order valence-electron chi connectivity index (χ2n) is 6.55. The van der Waals surface area contributed by atoms with E-state index in [1.54, 1.807) is 18.2 Å². The first kappa shape index (κ1) is 17.0. The minimum Gasteiger partial charge on any atom is -0.508 e. The molecule has 5 heteroatoms. The summed E-state index contributed by atoms with van der Waals surface area (Å²) < 4.78 is 5.89. The van der Waals surface area contributed by atoms with E-state index < -0.39 is 6.10 Å². The molecule has 0 radical (unpaired) electrons. The van der Waals surface area contributed by atoms with Crippen molar-refractivity contribution >= 4 is 5.78 Å². The van der Waals surface area contributed by atoms with Gasteiger partial charge in [-0.2, -0.15) is 0 Å². The largest absolute Gasteiger partial charge is 0.508 e. The summed E-state index contributed by atoms with van der Waals surface area (Å²) in [6.45, 7) is 0. The smallest absolute Gasteiger partial charge is 0.174 e. The van der Waals surface area contributed by atoms with Crippen LogP contribution in [0.15, 0.2) is 60.7 Å². The van der Waals surface area contributed by atoms with Gasteiger partial charge in [-0.3, -0.25) is 4.79 Å². The van der Waals surface area contributed by atoms with Crippen molar-refractivity contribution in [1.82, 2.24) is 0 Å². The molecule has 1 heterocycles. The van der Waals surface area contributed by atoms with Crippen LogP contribution in [0.5, 0.6) is 23.0 Å². The van der Waals surface area contributed by atoms with Crippen molar-refractivity contribution in [2.45, 2.75) is 18.9 Å². The number of carbonyl (C=O) groups is 1. The molecule has 0 bridgehead atoms. The summed E-state index contributed by atoms with van der Waals surface area (Å²) in [6.07, 6.45) is -0.271. The number of ketones is 1. The van der Waals surface area contributed by atoms with Gasteiger partial charge < -0.3 is 20.1 Å². The standard InChI is InChI=1S/C22H18O5/c23-16-9-5-4-8-14(16)10-15-17(24)11-20-21(22(15)26)18(25)12-19(27-20)13-6-2-1-3-7-13/h1-9,11,19,23-24,26H,10,12H2. The Hall–Kier alpha value is -3.47. The summed E-state index contributed by atoms with van der Waals surface area (Å²) in [6, 6.07) is 17.4. The van der Waals surface area contributed by atoms with Gasteiger partial charge in [0.25, 0.3) is 0 Å². The Kier molecular flexibility index (Phi) is 4.20. The number of hydrogen-bond acceptors (Lipinski definition) is 5. The lowest BCUT2D eigenvalue weighted by molar-refractivity contribution is 0.0844. The Balaban J connectivity index is 1.73. The van der Waals surface area contributed by atoms with Gasteiger partial charge in [-0.1, -0.05) is 48.5 Å². The summed E-state index contributed by atoms with van der Waals surface area (Å²) >= 11 is 0. The van der Waals surface area contributed by atoms with Crippen molar-refractivity contribution in [3.8, 4) is 23.0 Å². The van der Waals surface area contributed by atoms with Gasteiger partial charge in [-0.05, 0) is 17.2 Å². The number of Topliss-reactive ketones (excluding diaryl/α,β-unsaturated/α-hetero) is 1. The molecule has 3 aromatic rings. The lowest BCUT2D eigenvalue weighted by atomic mass is 9.92. The van der Waals surface area contributed by atoms with Gasteiger partial charge in [0.05, 0.1) is 6.42 Å². The van der Waals surface area contributed by atoms with Gasteiger partial charge in [-0.15, -0.1) is 0 Å². The molecule has 27 heavy (non-hydrogen) atoms. The van der Waals surface area contributed by atoms with Crippen LogP contribution in [-0.4, -0.2) is 21.1 Å². The third-order valence-electron chi connectivity index (χ3n) is 4.80. The van der Waals surface area contributed by atoms with E-state index in [1.807, 2.05) is 30.3 Å². The average molecular weight is 362 g/mol. The third-order valence-corrected chi connectivity index (χ3v) is 4.80. The van der Waals surface area contributed by atoms with Crippen molar-refractivity contribution in [1.29, 1.82) is 0 Å². The van der Waals surface area contributed by atoms with E-state index >= 15 is 0 Å². The molecule has 1 aliphatic heterocycles. The van der Waals surface area contributed by atoms with Crippen LogP contribution < -0.4 is 4.74 Å². The minimum atomic E-state index is -0.464. The van der Waals surface area contributed by atoms with E-state index in [1.165, 1.54) is 12.1 Å². The topological polar surface area (TPSA) is 87.0 Å².